The van der Waals surface area contributed by atoms with Gasteiger partial charge in [-0.25, -0.2) is 0 Å². The Bertz CT molecular complexity index is 296. The molecule has 0 aromatic heterocycles. The average Bonchev–Trinajstić information content (AvgIpc) is 2.39. The molecule has 2 fully saturated rings. The van der Waals surface area contributed by atoms with E-state index < -0.39 is 0 Å². The Hall–Kier alpha value is -0.610. The molecule has 1 amide bonds. The fourth-order valence-electron chi connectivity index (χ4n) is 3.41. The van der Waals surface area contributed by atoms with E-state index in [0.29, 0.717) is 12.0 Å². The zero-order chi connectivity index (χ0) is 13.8. The van der Waals surface area contributed by atoms with Crippen molar-refractivity contribution in [3.8, 4) is 0 Å². The van der Waals surface area contributed by atoms with Gasteiger partial charge in [0.05, 0.1) is 12.0 Å². The molecule has 1 heterocycles. The predicted molar refractivity (Wildman–Crippen MR) is 76.0 cm³/mol. The van der Waals surface area contributed by atoms with Gasteiger partial charge in [0.1, 0.15) is 0 Å². The van der Waals surface area contributed by atoms with E-state index in [-0.39, 0.29) is 11.3 Å². The summed E-state index contributed by atoms with van der Waals surface area (Å²) in [6.45, 7) is 5.45. The van der Waals surface area contributed by atoms with Crippen molar-refractivity contribution in [1.82, 2.24) is 10.6 Å². The van der Waals surface area contributed by atoms with Gasteiger partial charge < -0.3 is 15.4 Å². The maximum Gasteiger partial charge on any atom is 0.228 e. The largest absolute Gasteiger partial charge is 0.384 e. The highest BCUT2D eigenvalue weighted by molar-refractivity contribution is 5.83. The van der Waals surface area contributed by atoms with Crippen LogP contribution in [0.4, 0.5) is 0 Å². The Labute approximate surface area is 116 Å². The molecule has 1 saturated carbocycles. The summed E-state index contributed by atoms with van der Waals surface area (Å²) in [6, 6.07) is 0. The van der Waals surface area contributed by atoms with Crippen molar-refractivity contribution in [2.24, 2.45) is 10.8 Å². The normalized spacial score (nSPS) is 24.5. The van der Waals surface area contributed by atoms with E-state index >= 15 is 0 Å². The lowest BCUT2D eigenvalue weighted by Crippen LogP contribution is -2.52. The second kappa shape index (κ2) is 6.23. The monoisotopic (exact) mass is 268 g/mol. The van der Waals surface area contributed by atoms with E-state index in [2.05, 4.69) is 17.6 Å². The van der Waals surface area contributed by atoms with Gasteiger partial charge in [0.15, 0.2) is 0 Å². The summed E-state index contributed by atoms with van der Waals surface area (Å²) in [7, 11) is 1.69. The first kappa shape index (κ1) is 14.8. The van der Waals surface area contributed by atoms with Crippen LogP contribution in [-0.2, 0) is 9.53 Å². The maximum atomic E-state index is 12.6. The minimum atomic E-state index is -0.307. The third-order valence-electron chi connectivity index (χ3n) is 5.25. The second-order valence-electron chi connectivity index (χ2n) is 6.35. The van der Waals surface area contributed by atoms with Crippen molar-refractivity contribution in [3.05, 3.63) is 0 Å². The summed E-state index contributed by atoms with van der Waals surface area (Å²) < 4.78 is 5.32. The highest BCUT2D eigenvalue weighted by atomic mass is 16.5. The molecular weight excluding hydrogens is 240 g/mol. The molecule has 0 aromatic rings. The molecule has 4 heteroatoms. The van der Waals surface area contributed by atoms with Crippen LogP contribution in [-0.4, -0.2) is 39.3 Å². The molecule has 0 spiro atoms. The van der Waals surface area contributed by atoms with Crippen LogP contribution in [0, 0.1) is 10.8 Å². The lowest BCUT2D eigenvalue weighted by molar-refractivity contribution is -0.137. The van der Waals surface area contributed by atoms with Gasteiger partial charge >= 0.3 is 0 Å². The summed E-state index contributed by atoms with van der Waals surface area (Å²) in [6.07, 6.45) is 6.78. The van der Waals surface area contributed by atoms with E-state index in [1.54, 1.807) is 7.11 Å². The van der Waals surface area contributed by atoms with Crippen LogP contribution in [0.5, 0.6) is 0 Å². The Balaban J connectivity index is 1.92. The Morgan fingerprint density at radius 2 is 1.95 bits per heavy atom. The number of amides is 1. The number of carbonyl (C=O) groups excluding carboxylic acids is 1. The van der Waals surface area contributed by atoms with Crippen LogP contribution in [0.3, 0.4) is 0 Å². The highest BCUT2D eigenvalue weighted by Gasteiger charge is 2.41. The van der Waals surface area contributed by atoms with E-state index in [9.17, 15) is 4.79 Å². The van der Waals surface area contributed by atoms with Gasteiger partial charge in [-0.05, 0) is 50.6 Å². The topological polar surface area (TPSA) is 50.4 Å². The summed E-state index contributed by atoms with van der Waals surface area (Å²) in [4.78, 5) is 12.6. The molecule has 0 unspecified atom stereocenters. The standard InChI is InChI=1S/C15H28N2O2/c1-3-14(5-4-6-14)11-17-13(18)15(12-19-2)7-9-16-10-8-15/h16H,3-12H2,1-2H3,(H,17,18). The van der Waals surface area contributed by atoms with Gasteiger partial charge in [0.25, 0.3) is 0 Å². The molecule has 0 aromatic carbocycles. The molecule has 0 bridgehead atoms. The summed E-state index contributed by atoms with van der Waals surface area (Å²) in [5, 5.41) is 6.55. The van der Waals surface area contributed by atoms with Crippen molar-refractivity contribution in [1.29, 1.82) is 0 Å². The SMILES string of the molecule is CCC1(CNC(=O)C2(COC)CCNCC2)CCC1. The number of hydrogen-bond acceptors (Lipinski definition) is 3. The zero-order valence-corrected chi connectivity index (χ0v) is 12.4. The number of methoxy groups -OCH3 is 1. The maximum absolute atomic E-state index is 12.6. The van der Waals surface area contributed by atoms with Crippen LogP contribution >= 0.6 is 0 Å². The minimum absolute atomic E-state index is 0.204. The van der Waals surface area contributed by atoms with E-state index in [1.807, 2.05) is 0 Å². The van der Waals surface area contributed by atoms with Crippen molar-refractivity contribution in [2.45, 2.75) is 45.4 Å². The van der Waals surface area contributed by atoms with Crippen molar-refractivity contribution in [2.75, 3.05) is 33.4 Å². The predicted octanol–water partition coefficient (Wildman–Crippen LogP) is 1.70. The lowest BCUT2D eigenvalue weighted by Gasteiger charge is -2.43. The Morgan fingerprint density at radius 3 is 2.42 bits per heavy atom. The third kappa shape index (κ3) is 3.11. The van der Waals surface area contributed by atoms with Crippen LogP contribution in [0.15, 0.2) is 0 Å². The lowest BCUT2D eigenvalue weighted by atomic mass is 9.67. The molecule has 1 aliphatic carbocycles. The van der Waals surface area contributed by atoms with E-state index in [0.717, 1.165) is 32.5 Å². The van der Waals surface area contributed by atoms with Crippen LogP contribution in [0.25, 0.3) is 0 Å². The van der Waals surface area contributed by atoms with Gasteiger partial charge in [-0.3, -0.25) is 4.79 Å². The molecule has 2 rings (SSSR count). The number of nitrogens with one attached hydrogen (secondary N) is 2. The van der Waals surface area contributed by atoms with Crippen LogP contribution < -0.4 is 10.6 Å². The number of hydrogen-bond donors (Lipinski definition) is 2. The molecule has 1 aliphatic heterocycles. The molecule has 2 N–H and O–H groups in total. The quantitative estimate of drug-likeness (QED) is 0.771. The molecule has 110 valence electrons. The van der Waals surface area contributed by atoms with Gasteiger partial charge in [0.2, 0.25) is 5.91 Å². The minimum Gasteiger partial charge on any atom is -0.384 e. The number of ether oxygens (including phenoxy) is 1. The first-order valence-electron chi connectivity index (χ1n) is 7.64. The zero-order valence-electron chi connectivity index (χ0n) is 12.4. The second-order valence-corrected chi connectivity index (χ2v) is 6.35. The fraction of sp³-hybridized carbons (Fsp3) is 0.933. The Morgan fingerprint density at radius 1 is 1.26 bits per heavy atom. The van der Waals surface area contributed by atoms with Gasteiger partial charge in [-0.1, -0.05) is 13.3 Å². The van der Waals surface area contributed by atoms with Gasteiger partial charge in [-0.15, -0.1) is 0 Å². The van der Waals surface area contributed by atoms with Crippen LogP contribution in [0.2, 0.25) is 0 Å². The molecule has 4 nitrogen and oxygen atoms in total. The molecule has 2 aliphatic rings. The van der Waals surface area contributed by atoms with Crippen LogP contribution in [0.1, 0.15) is 45.4 Å². The van der Waals surface area contributed by atoms with E-state index in [1.165, 1.54) is 25.7 Å². The molecule has 0 atom stereocenters. The average molecular weight is 268 g/mol. The molecular formula is C15H28N2O2. The smallest absolute Gasteiger partial charge is 0.228 e. The third-order valence-corrected chi connectivity index (χ3v) is 5.25. The molecule has 1 saturated heterocycles. The number of carbonyl (C=O) groups is 1. The van der Waals surface area contributed by atoms with E-state index in [4.69, 9.17) is 4.74 Å². The first-order valence-corrected chi connectivity index (χ1v) is 7.64. The first-order chi connectivity index (χ1) is 9.16. The van der Waals surface area contributed by atoms with Crippen molar-refractivity contribution < 1.29 is 9.53 Å². The summed E-state index contributed by atoms with van der Waals surface area (Å²) in [5.41, 5.74) is 0.0789. The Kier molecular flexibility index (Phi) is 4.85. The molecule has 19 heavy (non-hydrogen) atoms. The van der Waals surface area contributed by atoms with Crippen molar-refractivity contribution in [3.63, 3.8) is 0 Å². The number of rotatable bonds is 6. The van der Waals surface area contributed by atoms with Gasteiger partial charge in [0, 0.05) is 13.7 Å². The highest BCUT2D eigenvalue weighted by Crippen LogP contribution is 2.43. The summed E-state index contributed by atoms with van der Waals surface area (Å²) >= 11 is 0. The van der Waals surface area contributed by atoms with Gasteiger partial charge in [-0.2, -0.15) is 0 Å². The summed E-state index contributed by atoms with van der Waals surface area (Å²) in [5.74, 6) is 0.204. The van der Waals surface area contributed by atoms with Crippen molar-refractivity contribution >= 4 is 5.91 Å². The molecule has 0 radical (unpaired) electrons. The number of piperidine rings is 1. The fourth-order valence-corrected chi connectivity index (χ4v) is 3.41.